The zero-order valence-corrected chi connectivity index (χ0v) is 12.5. The Labute approximate surface area is 119 Å². The highest BCUT2D eigenvalue weighted by molar-refractivity contribution is 7.92. The lowest BCUT2D eigenvalue weighted by Gasteiger charge is -2.23. The monoisotopic (exact) mass is 300 g/mol. The van der Waals surface area contributed by atoms with E-state index in [1.54, 1.807) is 31.2 Å². The van der Waals surface area contributed by atoms with E-state index in [0.29, 0.717) is 17.9 Å². The van der Waals surface area contributed by atoms with Crippen LogP contribution in [0.2, 0.25) is 0 Å². The van der Waals surface area contributed by atoms with Crippen LogP contribution in [0.4, 0.5) is 11.4 Å². The van der Waals surface area contributed by atoms with Crippen LogP contribution in [0, 0.1) is 0 Å². The van der Waals surface area contributed by atoms with Gasteiger partial charge in [0.05, 0.1) is 18.6 Å². The normalized spacial score (nSPS) is 11.1. The molecule has 1 aromatic rings. The highest BCUT2D eigenvalue weighted by atomic mass is 32.2. The molecule has 0 radical (unpaired) electrons. The van der Waals surface area contributed by atoms with Gasteiger partial charge in [0.15, 0.2) is 0 Å². The van der Waals surface area contributed by atoms with Crippen molar-refractivity contribution in [2.75, 3.05) is 29.4 Å². The number of anilines is 2. The van der Waals surface area contributed by atoms with Gasteiger partial charge in [-0.1, -0.05) is 6.07 Å². The Morgan fingerprint density at radius 2 is 2.10 bits per heavy atom. The number of sulfonamides is 1. The Hall–Kier alpha value is -1.76. The molecule has 0 bridgehead atoms. The summed E-state index contributed by atoms with van der Waals surface area (Å²) in [5, 5.41) is 0. The SMILES string of the molecule is CCN(c1cccc(N)c1)S(=O)(=O)CCCC(=O)OC. The molecule has 0 spiro atoms. The number of hydrogen-bond acceptors (Lipinski definition) is 5. The molecule has 0 aliphatic rings. The summed E-state index contributed by atoms with van der Waals surface area (Å²) < 4.78 is 30.3. The van der Waals surface area contributed by atoms with E-state index in [9.17, 15) is 13.2 Å². The number of nitrogens with two attached hydrogens (primary N) is 1. The van der Waals surface area contributed by atoms with Crippen LogP contribution in [0.5, 0.6) is 0 Å². The molecule has 0 amide bonds. The zero-order chi connectivity index (χ0) is 15.2. The van der Waals surface area contributed by atoms with Crippen molar-refractivity contribution < 1.29 is 17.9 Å². The third-order valence-electron chi connectivity index (χ3n) is 2.79. The van der Waals surface area contributed by atoms with Gasteiger partial charge in [-0.25, -0.2) is 8.42 Å². The Kier molecular flexibility index (Phi) is 5.82. The second-order valence-electron chi connectivity index (χ2n) is 4.26. The number of nitrogens with zero attached hydrogens (tertiary/aromatic N) is 1. The first-order valence-electron chi connectivity index (χ1n) is 6.33. The number of ether oxygens (including phenoxy) is 1. The molecule has 0 saturated heterocycles. The molecule has 0 heterocycles. The zero-order valence-electron chi connectivity index (χ0n) is 11.7. The van der Waals surface area contributed by atoms with Crippen molar-refractivity contribution in [3.63, 3.8) is 0 Å². The third-order valence-corrected chi connectivity index (χ3v) is 4.74. The number of nitrogen functional groups attached to an aromatic ring is 1. The van der Waals surface area contributed by atoms with Crippen molar-refractivity contribution in [1.29, 1.82) is 0 Å². The summed E-state index contributed by atoms with van der Waals surface area (Å²) in [6.45, 7) is 2.06. The highest BCUT2D eigenvalue weighted by Gasteiger charge is 2.21. The molecule has 1 rings (SSSR count). The van der Waals surface area contributed by atoms with Gasteiger partial charge in [0.2, 0.25) is 10.0 Å². The van der Waals surface area contributed by atoms with Crippen LogP contribution in [-0.4, -0.2) is 33.8 Å². The van der Waals surface area contributed by atoms with Crippen molar-refractivity contribution >= 4 is 27.4 Å². The number of methoxy groups -OCH3 is 1. The van der Waals surface area contributed by atoms with Crippen LogP contribution >= 0.6 is 0 Å². The van der Waals surface area contributed by atoms with Gasteiger partial charge in [-0.3, -0.25) is 9.10 Å². The Morgan fingerprint density at radius 3 is 2.65 bits per heavy atom. The summed E-state index contributed by atoms with van der Waals surface area (Å²) in [5.74, 6) is -0.516. The Balaban J connectivity index is 2.80. The summed E-state index contributed by atoms with van der Waals surface area (Å²) in [7, 11) is -2.20. The summed E-state index contributed by atoms with van der Waals surface area (Å²) in [6.07, 6.45) is 0.317. The number of benzene rings is 1. The number of rotatable bonds is 7. The van der Waals surface area contributed by atoms with Gasteiger partial charge in [0.1, 0.15) is 0 Å². The van der Waals surface area contributed by atoms with Crippen molar-refractivity contribution in [3.8, 4) is 0 Å². The molecule has 0 fully saturated rings. The van der Waals surface area contributed by atoms with Crippen LogP contribution in [0.3, 0.4) is 0 Å². The van der Waals surface area contributed by atoms with Crippen LogP contribution in [0.15, 0.2) is 24.3 Å². The number of hydrogen-bond donors (Lipinski definition) is 1. The molecule has 7 heteroatoms. The molecule has 0 aromatic heterocycles. The number of carbonyl (C=O) groups excluding carboxylic acids is 1. The van der Waals surface area contributed by atoms with Crippen molar-refractivity contribution in [1.82, 2.24) is 0 Å². The van der Waals surface area contributed by atoms with Gasteiger partial charge in [-0.15, -0.1) is 0 Å². The maximum absolute atomic E-state index is 12.3. The summed E-state index contributed by atoms with van der Waals surface area (Å²) >= 11 is 0. The highest BCUT2D eigenvalue weighted by Crippen LogP contribution is 2.21. The van der Waals surface area contributed by atoms with E-state index >= 15 is 0 Å². The average molecular weight is 300 g/mol. The van der Waals surface area contributed by atoms with E-state index in [4.69, 9.17) is 5.73 Å². The molecule has 0 aliphatic carbocycles. The fourth-order valence-electron chi connectivity index (χ4n) is 1.83. The molecular formula is C13H20N2O4S. The summed E-state index contributed by atoms with van der Waals surface area (Å²) in [5.41, 5.74) is 6.71. The van der Waals surface area contributed by atoms with Crippen molar-refractivity contribution in [2.24, 2.45) is 0 Å². The fraction of sp³-hybridized carbons (Fsp3) is 0.462. The van der Waals surface area contributed by atoms with E-state index in [-0.39, 0.29) is 18.6 Å². The standard InChI is InChI=1S/C13H20N2O4S/c1-3-15(12-7-4-6-11(14)10-12)20(17,18)9-5-8-13(16)19-2/h4,6-7,10H,3,5,8-9,14H2,1-2H3. The second-order valence-corrected chi connectivity index (χ2v) is 6.27. The first-order chi connectivity index (χ1) is 9.40. The molecule has 0 atom stereocenters. The smallest absolute Gasteiger partial charge is 0.305 e. The summed E-state index contributed by atoms with van der Waals surface area (Å²) in [6, 6.07) is 6.71. The third kappa shape index (κ3) is 4.41. The van der Waals surface area contributed by atoms with E-state index in [0.717, 1.165) is 0 Å². The van der Waals surface area contributed by atoms with E-state index in [1.165, 1.54) is 11.4 Å². The minimum atomic E-state index is -3.48. The van der Waals surface area contributed by atoms with Gasteiger partial charge in [-0.2, -0.15) is 0 Å². The topological polar surface area (TPSA) is 89.7 Å². The van der Waals surface area contributed by atoms with Gasteiger partial charge >= 0.3 is 5.97 Å². The average Bonchev–Trinajstić information content (AvgIpc) is 2.38. The Bertz CT molecular complexity index is 557. The maximum Gasteiger partial charge on any atom is 0.305 e. The van der Waals surface area contributed by atoms with Crippen LogP contribution in [0.25, 0.3) is 0 Å². The maximum atomic E-state index is 12.3. The van der Waals surface area contributed by atoms with Gasteiger partial charge < -0.3 is 10.5 Å². The first-order valence-corrected chi connectivity index (χ1v) is 7.94. The number of carbonyl (C=O) groups is 1. The number of esters is 1. The lowest BCUT2D eigenvalue weighted by atomic mass is 10.3. The minimum absolute atomic E-state index is 0.0875. The largest absolute Gasteiger partial charge is 0.469 e. The fourth-order valence-corrected chi connectivity index (χ4v) is 3.39. The second kappa shape index (κ2) is 7.14. The molecular weight excluding hydrogens is 280 g/mol. The molecule has 0 saturated carbocycles. The van der Waals surface area contributed by atoms with Crippen LogP contribution in [-0.2, 0) is 19.6 Å². The first kappa shape index (κ1) is 16.3. The molecule has 1 aromatic carbocycles. The molecule has 0 unspecified atom stereocenters. The van der Waals surface area contributed by atoms with Crippen molar-refractivity contribution in [3.05, 3.63) is 24.3 Å². The van der Waals surface area contributed by atoms with Gasteiger partial charge in [0, 0.05) is 18.7 Å². The molecule has 112 valence electrons. The lowest BCUT2D eigenvalue weighted by molar-refractivity contribution is -0.140. The minimum Gasteiger partial charge on any atom is -0.469 e. The van der Waals surface area contributed by atoms with Crippen LogP contribution in [0.1, 0.15) is 19.8 Å². The molecule has 0 aliphatic heterocycles. The van der Waals surface area contributed by atoms with Gasteiger partial charge in [0.25, 0.3) is 0 Å². The predicted octanol–water partition coefficient (Wildman–Crippen LogP) is 1.38. The quantitative estimate of drug-likeness (QED) is 0.607. The van der Waals surface area contributed by atoms with Gasteiger partial charge in [-0.05, 0) is 31.5 Å². The summed E-state index contributed by atoms with van der Waals surface area (Å²) in [4.78, 5) is 11.0. The van der Waals surface area contributed by atoms with E-state index in [1.807, 2.05) is 0 Å². The molecule has 20 heavy (non-hydrogen) atoms. The van der Waals surface area contributed by atoms with Crippen molar-refractivity contribution in [2.45, 2.75) is 19.8 Å². The molecule has 6 nitrogen and oxygen atoms in total. The lowest BCUT2D eigenvalue weighted by Crippen LogP contribution is -2.33. The van der Waals surface area contributed by atoms with E-state index in [2.05, 4.69) is 4.74 Å². The predicted molar refractivity (Wildman–Crippen MR) is 78.9 cm³/mol. The van der Waals surface area contributed by atoms with E-state index < -0.39 is 16.0 Å². The molecule has 2 N–H and O–H groups in total. The Morgan fingerprint density at radius 1 is 1.40 bits per heavy atom. The van der Waals surface area contributed by atoms with Crippen LogP contribution < -0.4 is 10.0 Å².